The number of benzene rings is 1. The molecule has 0 aliphatic heterocycles. The summed E-state index contributed by atoms with van der Waals surface area (Å²) in [7, 11) is 0. The minimum atomic E-state index is -0.480. The van der Waals surface area contributed by atoms with E-state index >= 15 is 0 Å². The van der Waals surface area contributed by atoms with E-state index < -0.39 is 11.2 Å². The molecule has 0 bridgehead atoms. The maximum absolute atomic E-state index is 13.0. The number of nitrogens with one attached hydrogen (secondary N) is 1. The molecule has 3 aromatic rings. The molecule has 2 heterocycles. The first kappa shape index (κ1) is 20.9. The number of rotatable bonds is 7. The van der Waals surface area contributed by atoms with Crippen LogP contribution in [0.25, 0.3) is 11.5 Å². The molecule has 1 aromatic carbocycles. The summed E-state index contributed by atoms with van der Waals surface area (Å²) in [4.78, 5) is 28.1. The molecule has 3 rings (SSSR count). The van der Waals surface area contributed by atoms with Gasteiger partial charge in [0.1, 0.15) is 0 Å². The highest BCUT2D eigenvalue weighted by Crippen LogP contribution is 2.30. The molecule has 2 aromatic heterocycles. The third-order valence-corrected chi connectivity index (χ3v) is 5.53. The van der Waals surface area contributed by atoms with Gasteiger partial charge in [-0.05, 0) is 51.8 Å². The van der Waals surface area contributed by atoms with Crippen molar-refractivity contribution in [3.63, 3.8) is 0 Å². The first-order valence-electron chi connectivity index (χ1n) is 9.30. The lowest BCUT2D eigenvalue weighted by molar-refractivity contribution is 0.0525. The fraction of sp³-hybridized carbons (Fsp3) is 0.333. The van der Waals surface area contributed by atoms with Gasteiger partial charge >= 0.3 is 5.97 Å². The zero-order valence-corrected chi connectivity index (χ0v) is 17.8. The average molecular weight is 413 g/mol. The van der Waals surface area contributed by atoms with Gasteiger partial charge in [-0.15, -0.1) is 10.2 Å². The highest BCUT2D eigenvalue weighted by Gasteiger charge is 2.27. The number of hydrogen-bond acceptors (Lipinski definition) is 7. The van der Waals surface area contributed by atoms with E-state index in [-0.39, 0.29) is 12.4 Å². The Morgan fingerprint density at radius 2 is 1.93 bits per heavy atom. The summed E-state index contributed by atoms with van der Waals surface area (Å²) in [6.45, 7) is 9.25. The molecule has 0 fully saturated rings. The Kier molecular flexibility index (Phi) is 6.22. The van der Waals surface area contributed by atoms with Crippen molar-refractivity contribution >= 4 is 23.5 Å². The van der Waals surface area contributed by atoms with E-state index in [0.29, 0.717) is 33.6 Å². The van der Waals surface area contributed by atoms with Crippen LogP contribution < -0.4 is 0 Å². The number of esters is 1. The zero-order chi connectivity index (χ0) is 21.1. The van der Waals surface area contributed by atoms with Crippen molar-refractivity contribution in [1.82, 2.24) is 15.2 Å². The molecule has 1 atom stereocenters. The van der Waals surface area contributed by atoms with Gasteiger partial charge in [0.2, 0.25) is 5.89 Å². The van der Waals surface area contributed by atoms with Crippen LogP contribution in [0, 0.1) is 20.8 Å². The molecule has 0 unspecified atom stereocenters. The van der Waals surface area contributed by atoms with Crippen molar-refractivity contribution in [2.75, 3.05) is 6.61 Å². The molecule has 0 aliphatic carbocycles. The van der Waals surface area contributed by atoms with Crippen LogP contribution in [0.1, 0.15) is 51.5 Å². The third-order valence-electron chi connectivity index (χ3n) is 4.59. The van der Waals surface area contributed by atoms with Crippen molar-refractivity contribution in [2.45, 2.75) is 45.1 Å². The highest BCUT2D eigenvalue weighted by atomic mass is 32.2. The van der Waals surface area contributed by atoms with E-state index in [2.05, 4.69) is 15.2 Å². The molecule has 0 aliphatic rings. The number of hydrogen-bond donors (Lipinski definition) is 1. The smallest absolute Gasteiger partial charge is 0.340 e. The van der Waals surface area contributed by atoms with Gasteiger partial charge < -0.3 is 14.1 Å². The van der Waals surface area contributed by atoms with Crippen LogP contribution >= 0.6 is 11.8 Å². The van der Waals surface area contributed by atoms with Gasteiger partial charge in [0, 0.05) is 11.3 Å². The van der Waals surface area contributed by atoms with E-state index in [4.69, 9.17) is 9.15 Å². The molecule has 29 heavy (non-hydrogen) atoms. The Morgan fingerprint density at radius 3 is 2.62 bits per heavy atom. The lowest BCUT2D eigenvalue weighted by atomic mass is 10.1. The molecular formula is C21H23N3O4S. The molecule has 7 nitrogen and oxygen atoms in total. The van der Waals surface area contributed by atoms with Gasteiger partial charge in [0.15, 0.2) is 5.78 Å². The molecule has 0 amide bonds. The number of aromatic nitrogens is 3. The number of thioether (sulfide) groups is 1. The molecule has 0 spiro atoms. The number of aromatic amines is 1. The predicted molar refractivity (Wildman–Crippen MR) is 110 cm³/mol. The number of carbonyl (C=O) groups excluding carboxylic acids is 2. The summed E-state index contributed by atoms with van der Waals surface area (Å²) in [5.74, 6) is -0.165. The van der Waals surface area contributed by atoms with E-state index in [1.54, 1.807) is 27.7 Å². The Morgan fingerprint density at radius 1 is 1.21 bits per heavy atom. The maximum atomic E-state index is 13.0. The lowest BCUT2D eigenvalue weighted by Crippen LogP contribution is -2.15. The van der Waals surface area contributed by atoms with Gasteiger partial charge in [-0.1, -0.05) is 30.0 Å². The predicted octanol–water partition coefficient (Wildman–Crippen LogP) is 4.53. The van der Waals surface area contributed by atoms with Crippen molar-refractivity contribution in [2.24, 2.45) is 0 Å². The first-order chi connectivity index (χ1) is 13.8. The van der Waals surface area contributed by atoms with E-state index in [9.17, 15) is 9.59 Å². The highest BCUT2D eigenvalue weighted by molar-refractivity contribution is 8.00. The van der Waals surface area contributed by atoms with Crippen molar-refractivity contribution in [3.8, 4) is 11.5 Å². The number of H-pyrrole nitrogens is 1. The van der Waals surface area contributed by atoms with Gasteiger partial charge in [-0.2, -0.15) is 0 Å². The second-order valence-corrected chi connectivity index (χ2v) is 7.95. The van der Waals surface area contributed by atoms with E-state index in [1.807, 2.05) is 31.2 Å². The zero-order valence-electron chi connectivity index (χ0n) is 17.0. The molecule has 0 radical (unpaired) electrons. The summed E-state index contributed by atoms with van der Waals surface area (Å²) >= 11 is 1.18. The molecule has 8 heteroatoms. The van der Waals surface area contributed by atoms with Crippen LogP contribution in [0.2, 0.25) is 0 Å². The second-order valence-electron chi connectivity index (χ2n) is 6.66. The maximum Gasteiger partial charge on any atom is 0.340 e. The number of aryl methyl sites for hydroxylation is 2. The Balaban J connectivity index is 1.78. The quantitative estimate of drug-likeness (QED) is 0.345. The topological polar surface area (TPSA) is 98.1 Å². The van der Waals surface area contributed by atoms with Crippen LogP contribution in [-0.2, 0) is 4.74 Å². The van der Waals surface area contributed by atoms with Crippen LogP contribution in [0.4, 0.5) is 0 Å². The van der Waals surface area contributed by atoms with Gasteiger partial charge in [-0.3, -0.25) is 4.79 Å². The third kappa shape index (κ3) is 4.27. The minimum Gasteiger partial charge on any atom is -0.462 e. The van der Waals surface area contributed by atoms with E-state index in [0.717, 1.165) is 11.1 Å². The summed E-state index contributed by atoms with van der Waals surface area (Å²) in [6, 6.07) is 7.73. The summed E-state index contributed by atoms with van der Waals surface area (Å²) in [5, 5.41) is 7.99. The Bertz CT molecular complexity index is 1050. The van der Waals surface area contributed by atoms with Gasteiger partial charge in [-0.25, -0.2) is 4.79 Å². The van der Waals surface area contributed by atoms with Crippen LogP contribution in [0.5, 0.6) is 0 Å². The monoisotopic (exact) mass is 413 g/mol. The largest absolute Gasteiger partial charge is 0.462 e. The summed E-state index contributed by atoms with van der Waals surface area (Å²) in [6.07, 6.45) is 0. The molecule has 0 saturated carbocycles. The van der Waals surface area contributed by atoms with Crippen molar-refractivity contribution in [3.05, 3.63) is 52.3 Å². The molecule has 152 valence electrons. The first-order valence-corrected chi connectivity index (χ1v) is 10.2. The standard InChI is InChI=1S/C21H23N3O4S/c1-6-27-20(26)16-12(3)17(22-13(16)4)18(25)14(5)29-21-24-23-19(28-21)15-10-8-7-9-11(15)2/h7-10,14,22H,6H2,1-5H3/t14-/m0/s1. The van der Waals surface area contributed by atoms with Crippen LogP contribution in [0.15, 0.2) is 33.9 Å². The van der Waals surface area contributed by atoms with Gasteiger partial charge in [0.05, 0.1) is 23.1 Å². The van der Waals surface area contributed by atoms with Crippen LogP contribution in [0.3, 0.4) is 0 Å². The van der Waals surface area contributed by atoms with Crippen LogP contribution in [-0.4, -0.2) is 38.8 Å². The second kappa shape index (κ2) is 8.65. The Hall–Kier alpha value is -2.87. The number of ether oxygens (including phenoxy) is 1. The summed E-state index contributed by atoms with van der Waals surface area (Å²) < 4.78 is 10.8. The Labute approximate surface area is 173 Å². The summed E-state index contributed by atoms with van der Waals surface area (Å²) in [5.41, 5.74) is 3.89. The number of carbonyl (C=O) groups is 2. The lowest BCUT2D eigenvalue weighted by Gasteiger charge is -2.07. The van der Waals surface area contributed by atoms with E-state index in [1.165, 1.54) is 11.8 Å². The fourth-order valence-electron chi connectivity index (χ4n) is 3.09. The number of nitrogens with zero attached hydrogens (tertiary/aromatic N) is 2. The molecule has 1 N–H and O–H groups in total. The normalized spacial score (nSPS) is 12.0. The molecule has 0 saturated heterocycles. The van der Waals surface area contributed by atoms with Crippen molar-refractivity contribution in [1.29, 1.82) is 0 Å². The average Bonchev–Trinajstić information content (AvgIpc) is 3.25. The molecular weight excluding hydrogens is 390 g/mol. The number of ketones is 1. The fourth-order valence-corrected chi connectivity index (χ4v) is 3.84. The number of Topliss-reactive ketones (excluding diaryl/α,β-unsaturated/α-hetero) is 1. The van der Waals surface area contributed by atoms with Gasteiger partial charge in [0.25, 0.3) is 5.22 Å². The van der Waals surface area contributed by atoms with Crippen molar-refractivity contribution < 1.29 is 18.7 Å². The minimum absolute atomic E-state index is 0.151. The SMILES string of the molecule is CCOC(=O)c1c(C)[nH]c(C(=O)[C@H](C)Sc2nnc(-c3ccccc3C)o2)c1C.